The van der Waals surface area contributed by atoms with Crippen LogP contribution in [0.2, 0.25) is 0 Å². The van der Waals surface area contributed by atoms with Gasteiger partial charge in [-0.2, -0.15) is 4.98 Å². The van der Waals surface area contributed by atoms with Crippen LogP contribution in [0.1, 0.15) is 71.2 Å². The number of carbonyl (C=O) groups is 2. The number of nitrogens with one attached hydrogen (secondary N) is 1. The van der Waals surface area contributed by atoms with Gasteiger partial charge in [-0.15, -0.1) is 11.3 Å². The molecule has 0 bridgehead atoms. The lowest BCUT2D eigenvalue weighted by Crippen LogP contribution is -2.26. The third-order valence-electron chi connectivity index (χ3n) is 3.32. The molecule has 8 nitrogen and oxygen atoms in total. The smallest absolute Gasteiger partial charge is 0.347 e. The van der Waals surface area contributed by atoms with Gasteiger partial charge in [0, 0.05) is 18.8 Å². The number of hydrogen-bond donors (Lipinski definition) is 2. The minimum atomic E-state index is -1.01. The number of nitrogens with zero attached hydrogens (tertiary/aromatic N) is 3. The molecule has 0 aliphatic heterocycles. The first kappa shape index (κ1) is 18.1. The van der Waals surface area contributed by atoms with Crippen LogP contribution in [0, 0.1) is 6.92 Å². The third kappa shape index (κ3) is 4.38. The van der Waals surface area contributed by atoms with Gasteiger partial charge in [0.15, 0.2) is 5.82 Å². The van der Waals surface area contributed by atoms with Crippen molar-refractivity contribution in [1.82, 2.24) is 20.4 Å². The van der Waals surface area contributed by atoms with Crippen LogP contribution >= 0.6 is 11.3 Å². The molecule has 2 rings (SSSR count). The zero-order valence-corrected chi connectivity index (χ0v) is 14.8. The minimum absolute atomic E-state index is 0.174. The van der Waals surface area contributed by atoms with Gasteiger partial charge in [0.1, 0.15) is 9.88 Å². The lowest BCUT2D eigenvalue weighted by molar-refractivity contribution is -0.121. The van der Waals surface area contributed by atoms with Crippen molar-refractivity contribution < 1.29 is 19.2 Å². The van der Waals surface area contributed by atoms with Gasteiger partial charge in [-0.3, -0.25) is 4.79 Å². The molecule has 0 radical (unpaired) electrons. The van der Waals surface area contributed by atoms with Crippen molar-refractivity contribution in [3.05, 3.63) is 27.3 Å². The molecule has 0 aliphatic carbocycles. The second kappa shape index (κ2) is 7.52. The van der Waals surface area contributed by atoms with Gasteiger partial charge in [0.25, 0.3) is 0 Å². The Balaban J connectivity index is 1.89. The summed E-state index contributed by atoms with van der Waals surface area (Å²) in [6.07, 6.45) is 0.565. The van der Waals surface area contributed by atoms with Crippen molar-refractivity contribution in [2.24, 2.45) is 0 Å². The number of aryl methyl sites for hydroxylation is 2. The van der Waals surface area contributed by atoms with Crippen molar-refractivity contribution in [2.75, 3.05) is 0 Å². The van der Waals surface area contributed by atoms with Crippen LogP contribution in [0.15, 0.2) is 4.52 Å². The molecule has 0 fully saturated rings. The molecule has 0 saturated carbocycles. The summed E-state index contributed by atoms with van der Waals surface area (Å²) in [6.45, 7) is 7.33. The topological polar surface area (TPSA) is 118 Å². The quantitative estimate of drug-likeness (QED) is 0.785. The Morgan fingerprint density at radius 3 is 2.54 bits per heavy atom. The average Bonchev–Trinajstić information content (AvgIpc) is 3.11. The highest BCUT2D eigenvalue weighted by molar-refractivity contribution is 7.13. The summed E-state index contributed by atoms with van der Waals surface area (Å²) in [6, 6.07) is -0.358. The highest BCUT2D eigenvalue weighted by Gasteiger charge is 2.19. The highest BCUT2D eigenvalue weighted by atomic mass is 32.1. The van der Waals surface area contributed by atoms with Crippen LogP contribution in [0.25, 0.3) is 0 Å². The standard InChI is InChI=1S/C15H20N4O4S/c1-7(2)13-18-11(23-19-13)6-5-10(20)16-9(4)14-17-8(3)12(24-14)15(21)22/h7,9H,5-6H2,1-4H3,(H,16,20)(H,21,22). The van der Waals surface area contributed by atoms with Gasteiger partial charge < -0.3 is 14.9 Å². The fraction of sp³-hybridized carbons (Fsp3) is 0.533. The summed E-state index contributed by atoms with van der Waals surface area (Å²) in [4.78, 5) is 31.7. The number of carboxylic acid groups (broad SMARTS) is 1. The Morgan fingerprint density at radius 1 is 1.29 bits per heavy atom. The Bertz CT molecular complexity index is 738. The second-order valence-corrected chi connectivity index (χ2v) is 6.79. The number of carboxylic acids is 1. The summed E-state index contributed by atoms with van der Waals surface area (Å²) in [7, 11) is 0. The SMILES string of the molecule is Cc1nc(C(C)NC(=O)CCc2nc(C(C)C)no2)sc1C(=O)O. The first-order valence-corrected chi connectivity index (χ1v) is 8.42. The number of aromatic nitrogens is 3. The van der Waals surface area contributed by atoms with E-state index in [4.69, 9.17) is 9.63 Å². The van der Waals surface area contributed by atoms with Gasteiger partial charge >= 0.3 is 5.97 Å². The Hall–Kier alpha value is -2.29. The van der Waals surface area contributed by atoms with E-state index >= 15 is 0 Å². The van der Waals surface area contributed by atoms with Gasteiger partial charge in [0.2, 0.25) is 11.8 Å². The third-order valence-corrected chi connectivity index (χ3v) is 4.65. The maximum Gasteiger partial charge on any atom is 0.347 e. The van der Waals surface area contributed by atoms with E-state index in [1.165, 1.54) is 0 Å². The zero-order chi connectivity index (χ0) is 17.9. The molecular formula is C15H20N4O4S. The number of aromatic carboxylic acids is 1. The lowest BCUT2D eigenvalue weighted by Gasteiger charge is -2.10. The van der Waals surface area contributed by atoms with E-state index in [2.05, 4.69) is 20.4 Å². The van der Waals surface area contributed by atoms with Crippen molar-refractivity contribution in [3.63, 3.8) is 0 Å². The first-order chi connectivity index (χ1) is 11.3. The zero-order valence-electron chi connectivity index (χ0n) is 14.0. The molecule has 0 saturated heterocycles. The largest absolute Gasteiger partial charge is 0.477 e. The number of hydrogen-bond acceptors (Lipinski definition) is 7. The van der Waals surface area contributed by atoms with Crippen LogP contribution in [-0.2, 0) is 11.2 Å². The van der Waals surface area contributed by atoms with Gasteiger partial charge in [0.05, 0.1) is 11.7 Å². The van der Waals surface area contributed by atoms with E-state index < -0.39 is 5.97 Å². The molecule has 2 N–H and O–H groups in total. The second-order valence-electron chi connectivity index (χ2n) is 5.76. The van der Waals surface area contributed by atoms with Gasteiger partial charge in [-0.1, -0.05) is 19.0 Å². The monoisotopic (exact) mass is 352 g/mol. The number of carbonyl (C=O) groups excluding carboxylic acids is 1. The molecule has 2 aromatic heterocycles. The summed E-state index contributed by atoms with van der Waals surface area (Å²) >= 11 is 1.07. The summed E-state index contributed by atoms with van der Waals surface area (Å²) in [5, 5.41) is 16.3. The summed E-state index contributed by atoms with van der Waals surface area (Å²) in [5.74, 6) is 0.0366. The van der Waals surface area contributed by atoms with Crippen LogP contribution in [0.3, 0.4) is 0 Å². The number of rotatable bonds is 7. The van der Waals surface area contributed by atoms with E-state index in [0.29, 0.717) is 28.8 Å². The van der Waals surface area contributed by atoms with Gasteiger partial charge in [-0.25, -0.2) is 9.78 Å². The number of thiazole rings is 1. The lowest BCUT2D eigenvalue weighted by atomic mass is 10.2. The van der Waals surface area contributed by atoms with Gasteiger partial charge in [-0.05, 0) is 13.8 Å². The molecular weight excluding hydrogens is 332 g/mol. The van der Waals surface area contributed by atoms with E-state index in [-0.39, 0.29) is 29.2 Å². The molecule has 130 valence electrons. The normalized spacial score (nSPS) is 12.4. The molecule has 9 heteroatoms. The molecule has 2 aromatic rings. The predicted octanol–water partition coefficient (Wildman–Crippen LogP) is 2.47. The molecule has 1 amide bonds. The Labute approximate surface area is 143 Å². The van der Waals surface area contributed by atoms with Crippen molar-refractivity contribution in [3.8, 4) is 0 Å². The Morgan fingerprint density at radius 2 is 2.00 bits per heavy atom. The van der Waals surface area contributed by atoms with Crippen LogP contribution in [-0.4, -0.2) is 32.1 Å². The maximum atomic E-state index is 12.0. The molecule has 2 heterocycles. The summed E-state index contributed by atoms with van der Waals surface area (Å²) in [5.41, 5.74) is 0.454. The molecule has 1 atom stereocenters. The van der Waals surface area contributed by atoms with Crippen molar-refractivity contribution in [1.29, 1.82) is 0 Å². The fourth-order valence-corrected chi connectivity index (χ4v) is 2.91. The van der Waals surface area contributed by atoms with Crippen LogP contribution < -0.4 is 5.32 Å². The molecule has 24 heavy (non-hydrogen) atoms. The minimum Gasteiger partial charge on any atom is -0.477 e. The molecule has 0 aliphatic rings. The first-order valence-electron chi connectivity index (χ1n) is 7.60. The van der Waals surface area contributed by atoms with Crippen molar-refractivity contribution >= 4 is 23.2 Å². The maximum absolute atomic E-state index is 12.0. The van der Waals surface area contributed by atoms with E-state index in [1.54, 1.807) is 13.8 Å². The fourth-order valence-electron chi connectivity index (χ4n) is 2.00. The highest BCUT2D eigenvalue weighted by Crippen LogP contribution is 2.23. The molecule has 0 aromatic carbocycles. The van der Waals surface area contributed by atoms with E-state index in [1.807, 2.05) is 13.8 Å². The van der Waals surface area contributed by atoms with Crippen LogP contribution in [0.5, 0.6) is 0 Å². The summed E-state index contributed by atoms with van der Waals surface area (Å²) < 4.78 is 5.09. The predicted molar refractivity (Wildman–Crippen MR) is 87.1 cm³/mol. The Kier molecular flexibility index (Phi) is 5.66. The van der Waals surface area contributed by atoms with E-state index in [9.17, 15) is 9.59 Å². The molecule has 0 spiro atoms. The van der Waals surface area contributed by atoms with Crippen LogP contribution in [0.4, 0.5) is 0 Å². The van der Waals surface area contributed by atoms with Crippen molar-refractivity contribution in [2.45, 2.75) is 52.5 Å². The van der Waals surface area contributed by atoms with E-state index in [0.717, 1.165) is 11.3 Å². The number of amides is 1. The average molecular weight is 352 g/mol. The molecule has 1 unspecified atom stereocenters.